The van der Waals surface area contributed by atoms with Gasteiger partial charge in [0.1, 0.15) is 5.69 Å². The van der Waals surface area contributed by atoms with Crippen molar-refractivity contribution in [3.8, 4) is 22.4 Å². The Balaban J connectivity index is 1.41. The number of aromatic nitrogens is 3. The second-order valence-corrected chi connectivity index (χ2v) is 6.83. The van der Waals surface area contributed by atoms with Crippen LogP contribution in [-0.4, -0.2) is 40.8 Å². The number of morpholine rings is 1. The van der Waals surface area contributed by atoms with Crippen LogP contribution in [0.2, 0.25) is 5.02 Å². The predicted octanol–water partition coefficient (Wildman–Crippen LogP) is 3.64. The molecule has 2 heterocycles. The van der Waals surface area contributed by atoms with Crippen molar-refractivity contribution in [2.24, 2.45) is 0 Å². The van der Waals surface area contributed by atoms with Crippen molar-refractivity contribution in [3.63, 3.8) is 0 Å². The van der Waals surface area contributed by atoms with Gasteiger partial charge in [0.15, 0.2) is 0 Å². The van der Waals surface area contributed by atoms with Gasteiger partial charge in [-0.1, -0.05) is 48.0 Å². The van der Waals surface area contributed by atoms with E-state index in [1.807, 2.05) is 30.5 Å². The molecule has 0 spiro atoms. The third kappa shape index (κ3) is 4.12. The SMILES string of the molecule is Clc1ccc(-c2ccc(-c3cnn(CCC4CNCCO4)n3)cc2)cc1. The largest absolute Gasteiger partial charge is 0.376 e. The van der Waals surface area contributed by atoms with Crippen LogP contribution in [0.15, 0.2) is 54.7 Å². The molecule has 0 aliphatic carbocycles. The Kier molecular flexibility index (Phi) is 5.29. The van der Waals surface area contributed by atoms with Gasteiger partial charge in [-0.3, -0.25) is 0 Å². The Labute approximate surface area is 157 Å². The van der Waals surface area contributed by atoms with Crippen LogP contribution in [0.4, 0.5) is 0 Å². The number of nitrogens with zero attached hydrogens (tertiary/aromatic N) is 3. The average Bonchev–Trinajstić information content (AvgIpc) is 3.17. The maximum Gasteiger partial charge on any atom is 0.113 e. The number of hydrogen-bond acceptors (Lipinski definition) is 4. The lowest BCUT2D eigenvalue weighted by molar-refractivity contribution is 0.0198. The Morgan fingerprint density at radius 2 is 1.73 bits per heavy atom. The second kappa shape index (κ2) is 7.99. The van der Waals surface area contributed by atoms with Crippen LogP contribution in [0.5, 0.6) is 0 Å². The molecule has 1 atom stereocenters. The fourth-order valence-electron chi connectivity index (χ4n) is 3.08. The highest BCUT2D eigenvalue weighted by Gasteiger charge is 2.14. The van der Waals surface area contributed by atoms with Gasteiger partial charge in [0.05, 0.1) is 25.5 Å². The van der Waals surface area contributed by atoms with Crippen LogP contribution in [-0.2, 0) is 11.3 Å². The highest BCUT2D eigenvalue weighted by molar-refractivity contribution is 6.30. The van der Waals surface area contributed by atoms with E-state index in [-0.39, 0.29) is 6.10 Å². The fourth-order valence-corrected chi connectivity index (χ4v) is 3.20. The first kappa shape index (κ1) is 17.2. The molecule has 6 heteroatoms. The van der Waals surface area contributed by atoms with Gasteiger partial charge in [0, 0.05) is 23.7 Å². The van der Waals surface area contributed by atoms with E-state index in [1.165, 1.54) is 0 Å². The normalized spacial score (nSPS) is 17.3. The van der Waals surface area contributed by atoms with E-state index in [1.54, 1.807) is 4.80 Å². The smallest absolute Gasteiger partial charge is 0.113 e. The van der Waals surface area contributed by atoms with Crippen molar-refractivity contribution in [2.45, 2.75) is 19.1 Å². The van der Waals surface area contributed by atoms with Gasteiger partial charge in [-0.05, 0) is 29.7 Å². The van der Waals surface area contributed by atoms with Crippen molar-refractivity contribution in [1.29, 1.82) is 0 Å². The third-order valence-corrected chi connectivity index (χ3v) is 4.80. The Bertz CT molecular complexity index is 839. The van der Waals surface area contributed by atoms with Crippen LogP contribution in [0, 0.1) is 0 Å². The maximum atomic E-state index is 5.95. The van der Waals surface area contributed by atoms with Crippen LogP contribution in [0.25, 0.3) is 22.4 Å². The molecule has 0 radical (unpaired) electrons. The van der Waals surface area contributed by atoms with Crippen LogP contribution in [0.3, 0.4) is 0 Å². The highest BCUT2D eigenvalue weighted by Crippen LogP contribution is 2.24. The number of benzene rings is 2. The molecule has 1 unspecified atom stereocenters. The molecule has 2 aromatic carbocycles. The highest BCUT2D eigenvalue weighted by atomic mass is 35.5. The lowest BCUT2D eigenvalue weighted by atomic mass is 10.0. The zero-order valence-corrected chi connectivity index (χ0v) is 15.2. The van der Waals surface area contributed by atoms with E-state index >= 15 is 0 Å². The van der Waals surface area contributed by atoms with Gasteiger partial charge in [0.25, 0.3) is 0 Å². The standard InChI is InChI=1S/C20H21ClN4O/c21-18-7-5-16(6-8-18)15-1-3-17(4-2-15)20-14-23-25(24-20)11-9-19-13-22-10-12-26-19/h1-8,14,19,22H,9-13H2. The molecule has 3 aromatic rings. The first-order valence-electron chi connectivity index (χ1n) is 8.87. The van der Waals surface area contributed by atoms with Gasteiger partial charge in [-0.15, -0.1) is 0 Å². The van der Waals surface area contributed by atoms with E-state index in [0.29, 0.717) is 0 Å². The summed E-state index contributed by atoms with van der Waals surface area (Å²) in [4.78, 5) is 1.75. The van der Waals surface area contributed by atoms with Crippen molar-refractivity contribution in [2.75, 3.05) is 19.7 Å². The molecule has 1 saturated heterocycles. The molecule has 4 rings (SSSR count). The molecule has 1 aliphatic heterocycles. The van der Waals surface area contributed by atoms with Gasteiger partial charge >= 0.3 is 0 Å². The van der Waals surface area contributed by atoms with E-state index in [2.05, 4.69) is 39.8 Å². The monoisotopic (exact) mass is 368 g/mol. The summed E-state index contributed by atoms with van der Waals surface area (Å²) in [5, 5.41) is 13.1. The number of hydrogen-bond donors (Lipinski definition) is 1. The van der Waals surface area contributed by atoms with Crippen molar-refractivity contribution in [3.05, 3.63) is 59.8 Å². The molecule has 5 nitrogen and oxygen atoms in total. The van der Waals surface area contributed by atoms with Gasteiger partial charge in [-0.2, -0.15) is 15.0 Å². The molecule has 0 amide bonds. The summed E-state index contributed by atoms with van der Waals surface area (Å²) in [5.41, 5.74) is 4.24. The number of nitrogens with one attached hydrogen (secondary N) is 1. The molecule has 26 heavy (non-hydrogen) atoms. The average molecular weight is 369 g/mol. The van der Waals surface area contributed by atoms with E-state index in [4.69, 9.17) is 16.3 Å². The van der Waals surface area contributed by atoms with E-state index in [0.717, 1.165) is 60.1 Å². The number of aryl methyl sites for hydroxylation is 1. The zero-order valence-electron chi connectivity index (χ0n) is 14.4. The van der Waals surface area contributed by atoms with Gasteiger partial charge < -0.3 is 10.1 Å². The lowest BCUT2D eigenvalue weighted by Crippen LogP contribution is -2.39. The molecule has 0 bridgehead atoms. The minimum absolute atomic E-state index is 0.247. The Hall–Kier alpha value is -2.21. The van der Waals surface area contributed by atoms with Crippen LogP contribution in [0.1, 0.15) is 6.42 Å². The molecule has 0 saturated carbocycles. The Morgan fingerprint density at radius 3 is 2.42 bits per heavy atom. The predicted molar refractivity (Wildman–Crippen MR) is 103 cm³/mol. The summed E-state index contributed by atoms with van der Waals surface area (Å²) in [6.07, 6.45) is 2.98. The van der Waals surface area contributed by atoms with Crippen molar-refractivity contribution in [1.82, 2.24) is 20.3 Å². The zero-order chi connectivity index (χ0) is 17.8. The molecule has 1 fully saturated rings. The quantitative estimate of drug-likeness (QED) is 0.747. The van der Waals surface area contributed by atoms with E-state index < -0.39 is 0 Å². The first-order valence-corrected chi connectivity index (χ1v) is 9.24. The van der Waals surface area contributed by atoms with Crippen molar-refractivity contribution < 1.29 is 4.74 Å². The fraction of sp³-hybridized carbons (Fsp3) is 0.300. The molecular weight excluding hydrogens is 348 g/mol. The lowest BCUT2D eigenvalue weighted by Gasteiger charge is -2.23. The maximum absolute atomic E-state index is 5.95. The summed E-state index contributed by atoms with van der Waals surface area (Å²) in [6, 6.07) is 16.2. The Morgan fingerprint density at radius 1 is 1.04 bits per heavy atom. The van der Waals surface area contributed by atoms with Gasteiger partial charge in [0.2, 0.25) is 0 Å². The van der Waals surface area contributed by atoms with E-state index in [9.17, 15) is 0 Å². The topological polar surface area (TPSA) is 52.0 Å². The van der Waals surface area contributed by atoms with Gasteiger partial charge in [-0.25, -0.2) is 0 Å². The molecule has 1 aromatic heterocycles. The third-order valence-electron chi connectivity index (χ3n) is 4.55. The molecule has 134 valence electrons. The summed E-state index contributed by atoms with van der Waals surface area (Å²) in [5.74, 6) is 0. The molecular formula is C20H21ClN4O. The number of ether oxygens (including phenoxy) is 1. The minimum atomic E-state index is 0.247. The minimum Gasteiger partial charge on any atom is -0.376 e. The summed E-state index contributed by atoms with van der Waals surface area (Å²) < 4.78 is 5.71. The van der Waals surface area contributed by atoms with Crippen molar-refractivity contribution >= 4 is 11.6 Å². The summed E-state index contributed by atoms with van der Waals surface area (Å²) >= 11 is 5.95. The summed E-state index contributed by atoms with van der Waals surface area (Å²) in [7, 11) is 0. The van der Waals surface area contributed by atoms with Crippen LogP contribution < -0.4 is 5.32 Å². The molecule has 1 aliphatic rings. The second-order valence-electron chi connectivity index (χ2n) is 6.40. The molecule has 1 N–H and O–H groups in total. The number of halogens is 1. The first-order chi connectivity index (χ1) is 12.8. The summed E-state index contributed by atoms with van der Waals surface area (Å²) in [6.45, 7) is 3.38. The van der Waals surface area contributed by atoms with Crippen LogP contribution >= 0.6 is 11.6 Å². The number of rotatable bonds is 5.